The first-order valence-electron chi connectivity index (χ1n) is 5.03. The van der Waals surface area contributed by atoms with Gasteiger partial charge < -0.3 is 4.43 Å². The van der Waals surface area contributed by atoms with E-state index in [2.05, 4.69) is 20.8 Å². The van der Waals surface area contributed by atoms with Gasteiger partial charge >= 0.3 is 0 Å². The van der Waals surface area contributed by atoms with Gasteiger partial charge in [-0.05, 0) is 30.5 Å². The average molecular weight is 211 g/mol. The van der Waals surface area contributed by atoms with E-state index in [9.17, 15) is 4.79 Å². The lowest BCUT2D eigenvalue weighted by molar-refractivity contribution is -0.117. The lowest BCUT2D eigenvalue weighted by atomic mass is 9.80. The molecule has 0 aromatic heterocycles. The Morgan fingerprint density at radius 1 is 1.43 bits per heavy atom. The molecule has 1 rings (SSSR count). The fourth-order valence-corrected chi connectivity index (χ4v) is 2.12. The Balaban J connectivity index is 2.73. The van der Waals surface area contributed by atoms with E-state index < -0.39 is 9.04 Å². The monoisotopic (exact) mass is 211 g/mol. The lowest BCUT2D eigenvalue weighted by Crippen LogP contribution is -2.17. The second-order valence-electron chi connectivity index (χ2n) is 5.14. The number of ketones is 1. The SMILES string of the molecule is C[Si](C)OC1=C[C@H](C(C)(C)C)CC1=O. The maximum Gasteiger partial charge on any atom is 0.274 e. The molecular weight excluding hydrogens is 192 g/mol. The first-order valence-corrected chi connectivity index (χ1v) is 7.44. The van der Waals surface area contributed by atoms with E-state index in [0.29, 0.717) is 18.1 Å². The van der Waals surface area contributed by atoms with E-state index >= 15 is 0 Å². The molecule has 0 fully saturated rings. The third-order valence-electron chi connectivity index (χ3n) is 2.46. The molecule has 0 saturated carbocycles. The molecule has 0 N–H and O–H groups in total. The van der Waals surface area contributed by atoms with E-state index in [1.807, 2.05) is 19.2 Å². The lowest BCUT2D eigenvalue weighted by Gasteiger charge is -2.23. The van der Waals surface area contributed by atoms with Crippen molar-refractivity contribution >= 4 is 14.8 Å². The van der Waals surface area contributed by atoms with Gasteiger partial charge in [0.1, 0.15) is 5.76 Å². The molecule has 0 unspecified atom stereocenters. The Labute approximate surface area is 88.1 Å². The molecule has 0 heterocycles. The van der Waals surface area contributed by atoms with Crippen LogP contribution in [0.1, 0.15) is 27.2 Å². The van der Waals surface area contributed by atoms with Gasteiger partial charge in [-0.3, -0.25) is 4.79 Å². The maximum absolute atomic E-state index is 11.6. The Bertz CT molecular complexity index is 261. The Morgan fingerprint density at radius 2 is 2.00 bits per heavy atom. The zero-order chi connectivity index (χ0) is 10.9. The van der Waals surface area contributed by atoms with Crippen LogP contribution in [0.25, 0.3) is 0 Å². The summed E-state index contributed by atoms with van der Waals surface area (Å²) >= 11 is 0. The van der Waals surface area contributed by atoms with Gasteiger partial charge in [0.2, 0.25) is 0 Å². The van der Waals surface area contributed by atoms with E-state index in [1.54, 1.807) is 0 Å². The van der Waals surface area contributed by atoms with Crippen molar-refractivity contribution in [2.24, 2.45) is 11.3 Å². The first kappa shape index (κ1) is 11.5. The highest BCUT2D eigenvalue weighted by molar-refractivity contribution is 6.49. The van der Waals surface area contributed by atoms with Gasteiger partial charge in [0.25, 0.3) is 9.04 Å². The van der Waals surface area contributed by atoms with Crippen molar-refractivity contribution in [3.63, 3.8) is 0 Å². The van der Waals surface area contributed by atoms with Crippen LogP contribution in [0.4, 0.5) is 0 Å². The van der Waals surface area contributed by atoms with E-state index in [1.165, 1.54) is 0 Å². The molecular formula is C11H19O2Si. The van der Waals surface area contributed by atoms with E-state index in [0.717, 1.165) is 0 Å². The minimum absolute atomic E-state index is 0.162. The van der Waals surface area contributed by atoms with Gasteiger partial charge in [-0.15, -0.1) is 0 Å². The number of allylic oxidation sites excluding steroid dienone is 2. The van der Waals surface area contributed by atoms with Crippen molar-refractivity contribution in [1.82, 2.24) is 0 Å². The summed E-state index contributed by atoms with van der Waals surface area (Å²) in [5.74, 6) is 1.13. The van der Waals surface area contributed by atoms with Crippen molar-refractivity contribution in [2.45, 2.75) is 40.3 Å². The number of carbonyl (C=O) groups is 1. The first-order chi connectivity index (χ1) is 6.30. The van der Waals surface area contributed by atoms with Crippen LogP contribution in [-0.4, -0.2) is 14.8 Å². The summed E-state index contributed by atoms with van der Waals surface area (Å²) in [7, 11) is -0.807. The maximum atomic E-state index is 11.6. The van der Waals surface area contributed by atoms with Crippen LogP contribution in [0.3, 0.4) is 0 Å². The Hall–Kier alpha value is -0.573. The molecule has 0 spiro atoms. The predicted octanol–water partition coefficient (Wildman–Crippen LogP) is 2.77. The van der Waals surface area contributed by atoms with Crippen molar-refractivity contribution in [3.8, 4) is 0 Å². The standard InChI is InChI=1S/C11H19O2Si/c1-11(2,3)8-6-9(12)10(7-8)13-14(4)5/h7-8H,6H2,1-5H3/t8-/m1/s1. The van der Waals surface area contributed by atoms with Crippen molar-refractivity contribution in [1.29, 1.82) is 0 Å². The number of carbonyl (C=O) groups excluding carboxylic acids is 1. The van der Waals surface area contributed by atoms with Crippen LogP contribution in [0.5, 0.6) is 0 Å². The molecule has 0 saturated heterocycles. The zero-order valence-corrected chi connectivity index (χ0v) is 10.7. The third kappa shape index (κ3) is 2.71. The highest BCUT2D eigenvalue weighted by Crippen LogP contribution is 2.36. The van der Waals surface area contributed by atoms with Gasteiger partial charge in [-0.1, -0.05) is 20.8 Å². The van der Waals surface area contributed by atoms with Gasteiger partial charge in [0.15, 0.2) is 5.78 Å². The number of hydrogen-bond acceptors (Lipinski definition) is 2. The fourth-order valence-electron chi connectivity index (χ4n) is 1.50. The molecule has 1 radical (unpaired) electrons. The molecule has 0 aromatic rings. The molecule has 3 heteroatoms. The van der Waals surface area contributed by atoms with Crippen molar-refractivity contribution in [3.05, 3.63) is 11.8 Å². The van der Waals surface area contributed by atoms with Crippen LogP contribution < -0.4 is 0 Å². The Morgan fingerprint density at radius 3 is 2.36 bits per heavy atom. The molecule has 0 bridgehead atoms. The smallest absolute Gasteiger partial charge is 0.274 e. The summed E-state index contributed by atoms with van der Waals surface area (Å²) in [5.41, 5.74) is 0.162. The van der Waals surface area contributed by atoms with Crippen LogP contribution in [-0.2, 0) is 9.22 Å². The predicted molar refractivity (Wildman–Crippen MR) is 59.2 cm³/mol. The largest absolute Gasteiger partial charge is 0.540 e. The molecule has 14 heavy (non-hydrogen) atoms. The highest BCUT2D eigenvalue weighted by Gasteiger charge is 2.33. The van der Waals surface area contributed by atoms with Crippen LogP contribution in [0.2, 0.25) is 13.1 Å². The third-order valence-corrected chi connectivity index (χ3v) is 3.09. The molecule has 0 aliphatic heterocycles. The van der Waals surface area contributed by atoms with Crippen LogP contribution in [0.15, 0.2) is 11.8 Å². The molecule has 2 nitrogen and oxygen atoms in total. The zero-order valence-electron chi connectivity index (χ0n) is 9.68. The minimum atomic E-state index is -0.807. The summed E-state index contributed by atoms with van der Waals surface area (Å²) in [6.45, 7) is 10.6. The second kappa shape index (κ2) is 3.89. The van der Waals surface area contributed by atoms with Gasteiger partial charge in [0, 0.05) is 6.42 Å². The summed E-state index contributed by atoms with van der Waals surface area (Å²) in [6, 6.07) is 0. The summed E-state index contributed by atoms with van der Waals surface area (Å²) in [5, 5.41) is 0. The Kier molecular flexibility index (Phi) is 3.19. The average Bonchev–Trinajstić information content (AvgIpc) is 2.30. The van der Waals surface area contributed by atoms with Crippen molar-refractivity contribution in [2.75, 3.05) is 0 Å². The number of hydrogen-bond donors (Lipinski definition) is 0. The molecule has 0 aromatic carbocycles. The molecule has 1 atom stereocenters. The quantitative estimate of drug-likeness (QED) is 0.657. The highest BCUT2D eigenvalue weighted by atomic mass is 28.3. The summed E-state index contributed by atoms with van der Waals surface area (Å²) < 4.78 is 5.56. The minimum Gasteiger partial charge on any atom is -0.540 e. The summed E-state index contributed by atoms with van der Waals surface area (Å²) in [4.78, 5) is 11.6. The number of Topliss-reactive ketones (excluding diaryl/α,β-unsaturated/α-hetero) is 1. The molecule has 1 aliphatic carbocycles. The normalized spacial score (nSPS) is 22.9. The van der Waals surface area contributed by atoms with Crippen LogP contribution in [0, 0.1) is 11.3 Å². The van der Waals surface area contributed by atoms with Gasteiger partial charge in [0.05, 0.1) is 0 Å². The second-order valence-corrected chi connectivity index (χ2v) is 7.16. The molecule has 0 amide bonds. The van der Waals surface area contributed by atoms with E-state index in [-0.39, 0.29) is 11.2 Å². The number of rotatable bonds is 2. The summed E-state index contributed by atoms with van der Waals surface area (Å²) in [6.07, 6.45) is 2.63. The molecule has 1 aliphatic rings. The van der Waals surface area contributed by atoms with Gasteiger partial charge in [-0.25, -0.2) is 0 Å². The van der Waals surface area contributed by atoms with Crippen LogP contribution >= 0.6 is 0 Å². The topological polar surface area (TPSA) is 26.3 Å². The van der Waals surface area contributed by atoms with E-state index in [4.69, 9.17) is 4.43 Å². The molecule has 79 valence electrons. The van der Waals surface area contributed by atoms with Crippen molar-refractivity contribution < 1.29 is 9.22 Å². The fraction of sp³-hybridized carbons (Fsp3) is 0.727. The van der Waals surface area contributed by atoms with Gasteiger partial charge in [-0.2, -0.15) is 0 Å².